The van der Waals surface area contributed by atoms with Crippen LogP contribution in [-0.2, 0) is 10.0 Å². The van der Waals surface area contributed by atoms with Crippen molar-refractivity contribution in [1.29, 1.82) is 0 Å². The Kier molecular flexibility index (Phi) is 3.37. The smallest absolute Gasteiger partial charge is 0.284 e. The largest absolute Gasteiger partial charge is 0.393 e. The topological polar surface area (TPSA) is 66.1 Å². The minimum Gasteiger partial charge on any atom is -0.284 e. The number of H-pyrrole nitrogens is 1. The van der Waals surface area contributed by atoms with E-state index in [0.717, 1.165) is 16.7 Å². The van der Waals surface area contributed by atoms with Crippen LogP contribution in [-0.4, -0.2) is 42.2 Å². The van der Waals surface area contributed by atoms with Gasteiger partial charge in [0.05, 0.1) is 12.1 Å². The SMILES string of the molecule is O=S(=O)(c1cn[nH]c1)N1CCCC(C(F)(F)F)C1. The second-order valence-corrected chi connectivity index (χ2v) is 6.12. The van der Waals surface area contributed by atoms with Crippen LogP contribution in [0.1, 0.15) is 12.8 Å². The van der Waals surface area contributed by atoms with Gasteiger partial charge in [-0.05, 0) is 12.8 Å². The zero-order valence-corrected chi connectivity index (χ0v) is 10.1. The van der Waals surface area contributed by atoms with Crippen molar-refractivity contribution in [2.24, 2.45) is 5.92 Å². The van der Waals surface area contributed by atoms with Crippen molar-refractivity contribution >= 4 is 10.0 Å². The molecule has 2 heterocycles. The summed E-state index contributed by atoms with van der Waals surface area (Å²) in [5, 5.41) is 5.84. The molecule has 1 N–H and O–H groups in total. The van der Waals surface area contributed by atoms with E-state index in [-0.39, 0.29) is 24.3 Å². The van der Waals surface area contributed by atoms with Gasteiger partial charge in [-0.3, -0.25) is 5.10 Å². The molecule has 9 heteroatoms. The zero-order valence-electron chi connectivity index (χ0n) is 9.31. The molecule has 1 saturated heterocycles. The predicted molar refractivity (Wildman–Crippen MR) is 56.1 cm³/mol. The summed E-state index contributed by atoms with van der Waals surface area (Å²) in [6.07, 6.45) is -1.92. The summed E-state index contributed by atoms with van der Waals surface area (Å²) in [6, 6.07) is 0. The summed E-state index contributed by atoms with van der Waals surface area (Å²) in [6.45, 7) is -0.406. The number of nitrogens with zero attached hydrogens (tertiary/aromatic N) is 2. The lowest BCUT2D eigenvalue weighted by Crippen LogP contribution is -2.44. The normalized spacial score (nSPS) is 23.2. The second-order valence-electron chi connectivity index (χ2n) is 4.18. The number of hydrogen-bond donors (Lipinski definition) is 1. The van der Waals surface area contributed by atoms with Gasteiger partial charge in [0, 0.05) is 19.3 Å². The van der Waals surface area contributed by atoms with E-state index < -0.39 is 28.7 Å². The van der Waals surface area contributed by atoms with Gasteiger partial charge in [0.15, 0.2) is 0 Å². The van der Waals surface area contributed by atoms with Gasteiger partial charge in [-0.2, -0.15) is 22.6 Å². The highest BCUT2D eigenvalue weighted by Crippen LogP contribution is 2.34. The number of sulfonamides is 1. The van der Waals surface area contributed by atoms with Gasteiger partial charge in [0.25, 0.3) is 0 Å². The van der Waals surface area contributed by atoms with Crippen molar-refractivity contribution in [2.75, 3.05) is 13.1 Å². The van der Waals surface area contributed by atoms with Crippen LogP contribution in [0.25, 0.3) is 0 Å². The maximum Gasteiger partial charge on any atom is 0.393 e. The number of rotatable bonds is 2. The maximum atomic E-state index is 12.6. The van der Waals surface area contributed by atoms with E-state index in [2.05, 4.69) is 10.2 Å². The monoisotopic (exact) mass is 283 g/mol. The Hall–Kier alpha value is -1.09. The van der Waals surface area contributed by atoms with Crippen LogP contribution in [0.3, 0.4) is 0 Å². The lowest BCUT2D eigenvalue weighted by Gasteiger charge is -2.32. The van der Waals surface area contributed by atoms with Gasteiger partial charge in [-0.1, -0.05) is 0 Å². The zero-order chi connectivity index (χ0) is 13.4. The first-order chi connectivity index (χ1) is 8.32. The molecule has 5 nitrogen and oxygen atoms in total. The van der Waals surface area contributed by atoms with Crippen molar-refractivity contribution in [3.8, 4) is 0 Å². The summed E-state index contributed by atoms with van der Waals surface area (Å²) in [5.74, 6) is -1.59. The average Bonchev–Trinajstić information content (AvgIpc) is 2.82. The molecule has 0 aromatic carbocycles. The van der Waals surface area contributed by atoms with Crippen molar-refractivity contribution < 1.29 is 21.6 Å². The Bertz CT molecular complexity index is 498. The molecule has 102 valence electrons. The van der Waals surface area contributed by atoms with E-state index >= 15 is 0 Å². The van der Waals surface area contributed by atoms with Gasteiger partial charge in [-0.15, -0.1) is 0 Å². The number of aromatic amines is 1. The fourth-order valence-corrected chi connectivity index (χ4v) is 3.39. The Morgan fingerprint density at radius 2 is 2.17 bits per heavy atom. The molecule has 1 aromatic rings. The van der Waals surface area contributed by atoms with Crippen LogP contribution in [0.2, 0.25) is 0 Å². The van der Waals surface area contributed by atoms with Crippen LogP contribution in [0.15, 0.2) is 17.3 Å². The first-order valence-corrected chi connectivity index (χ1v) is 6.81. The van der Waals surface area contributed by atoms with Gasteiger partial charge in [0.1, 0.15) is 4.90 Å². The van der Waals surface area contributed by atoms with Crippen LogP contribution < -0.4 is 0 Å². The van der Waals surface area contributed by atoms with Crippen molar-refractivity contribution in [3.05, 3.63) is 12.4 Å². The van der Waals surface area contributed by atoms with E-state index in [1.165, 1.54) is 0 Å². The summed E-state index contributed by atoms with van der Waals surface area (Å²) < 4.78 is 62.7. The summed E-state index contributed by atoms with van der Waals surface area (Å²) in [5.41, 5.74) is 0. The molecule has 1 fully saturated rings. The minimum atomic E-state index is -4.36. The molecule has 0 amide bonds. The van der Waals surface area contributed by atoms with Gasteiger partial charge in [-0.25, -0.2) is 8.42 Å². The number of hydrogen-bond acceptors (Lipinski definition) is 3. The molecule has 1 atom stereocenters. The molecule has 18 heavy (non-hydrogen) atoms. The highest BCUT2D eigenvalue weighted by molar-refractivity contribution is 7.89. The quantitative estimate of drug-likeness (QED) is 0.891. The number of nitrogens with one attached hydrogen (secondary N) is 1. The second kappa shape index (κ2) is 4.54. The predicted octanol–water partition coefficient (Wildman–Crippen LogP) is 1.37. The molecule has 0 radical (unpaired) electrons. The Morgan fingerprint density at radius 1 is 1.44 bits per heavy atom. The van der Waals surface area contributed by atoms with Crippen LogP contribution >= 0.6 is 0 Å². The van der Waals surface area contributed by atoms with Crippen LogP contribution in [0.5, 0.6) is 0 Å². The number of alkyl halides is 3. The molecule has 0 aliphatic carbocycles. The van der Waals surface area contributed by atoms with E-state index in [1.807, 2.05) is 0 Å². The fraction of sp³-hybridized carbons (Fsp3) is 0.667. The summed E-state index contributed by atoms with van der Waals surface area (Å²) in [7, 11) is -3.87. The van der Waals surface area contributed by atoms with E-state index in [9.17, 15) is 21.6 Å². The van der Waals surface area contributed by atoms with Gasteiger partial charge < -0.3 is 0 Å². The third-order valence-corrected chi connectivity index (χ3v) is 4.79. The lowest BCUT2D eigenvalue weighted by molar-refractivity contribution is -0.182. The maximum absolute atomic E-state index is 12.6. The molecule has 0 spiro atoms. The molecule has 1 unspecified atom stereocenters. The first kappa shape index (κ1) is 13.3. The lowest BCUT2D eigenvalue weighted by atomic mass is 9.99. The van der Waals surface area contributed by atoms with Gasteiger partial charge >= 0.3 is 6.18 Å². The van der Waals surface area contributed by atoms with Crippen molar-refractivity contribution in [2.45, 2.75) is 23.9 Å². The molecule has 2 rings (SSSR count). The molecule has 1 aliphatic rings. The number of halogens is 3. The molecule has 0 bridgehead atoms. The van der Waals surface area contributed by atoms with Crippen LogP contribution in [0, 0.1) is 5.92 Å². The minimum absolute atomic E-state index is 0.0269. The fourth-order valence-electron chi connectivity index (χ4n) is 1.96. The van der Waals surface area contributed by atoms with E-state index in [0.29, 0.717) is 0 Å². The number of aromatic nitrogens is 2. The third kappa shape index (κ3) is 2.51. The van der Waals surface area contributed by atoms with Gasteiger partial charge in [0.2, 0.25) is 10.0 Å². The Labute approximate surface area is 102 Å². The summed E-state index contributed by atoms with van der Waals surface area (Å²) in [4.78, 5) is -0.106. The van der Waals surface area contributed by atoms with Crippen molar-refractivity contribution in [1.82, 2.24) is 14.5 Å². The number of piperidine rings is 1. The van der Waals surface area contributed by atoms with E-state index in [4.69, 9.17) is 0 Å². The average molecular weight is 283 g/mol. The Morgan fingerprint density at radius 3 is 2.72 bits per heavy atom. The highest BCUT2D eigenvalue weighted by Gasteiger charge is 2.44. The molecule has 1 aromatic heterocycles. The standard InChI is InChI=1S/C9H12F3N3O2S/c10-9(11,12)7-2-1-3-15(6-7)18(16,17)8-4-13-14-5-8/h4-5,7H,1-3,6H2,(H,13,14). The molecule has 0 saturated carbocycles. The Balaban J connectivity index is 2.20. The molecular weight excluding hydrogens is 271 g/mol. The van der Waals surface area contributed by atoms with E-state index in [1.54, 1.807) is 0 Å². The highest BCUT2D eigenvalue weighted by atomic mass is 32.2. The van der Waals surface area contributed by atoms with Crippen molar-refractivity contribution in [3.63, 3.8) is 0 Å². The summed E-state index contributed by atoms with van der Waals surface area (Å²) >= 11 is 0. The first-order valence-electron chi connectivity index (χ1n) is 5.37. The van der Waals surface area contributed by atoms with Crippen LogP contribution in [0.4, 0.5) is 13.2 Å². The molecular formula is C9H12F3N3O2S. The molecule has 1 aliphatic heterocycles. The third-order valence-electron chi connectivity index (χ3n) is 2.96.